The van der Waals surface area contributed by atoms with E-state index in [1.165, 1.54) is 0 Å². The Hall–Kier alpha value is -2.92. The van der Waals surface area contributed by atoms with Crippen molar-refractivity contribution in [2.24, 2.45) is 0 Å². The van der Waals surface area contributed by atoms with Gasteiger partial charge in [-0.15, -0.1) is 5.10 Å². The van der Waals surface area contributed by atoms with Gasteiger partial charge in [0.1, 0.15) is 0 Å². The third kappa shape index (κ3) is 4.00. The number of nitrogens with zero attached hydrogens (tertiary/aromatic N) is 5. The molecule has 3 aromatic rings. The van der Waals surface area contributed by atoms with Crippen LogP contribution in [0.3, 0.4) is 0 Å². The number of aromatic nitrogens is 4. The molecule has 0 spiro atoms. The van der Waals surface area contributed by atoms with Crippen LogP contribution in [0.1, 0.15) is 33.1 Å². The van der Waals surface area contributed by atoms with Gasteiger partial charge in [0.2, 0.25) is 5.82 Å². The summed E-state index contributed by atoms with van der Waals surface area (Å²) in [4.78, 5) is 20.7. The number of amides is 1. The number of aryl methyl sites for hydroxylation is 2. The molecule has 0 radical (unpaired) electrons. The van der Waals surface area contributed by atoms with Gasteiger partial charge in [-0.1, -0.05) is 18.2 Å². The van der Waals surface area contributed by atoms with Crippen LogP contribution in [-0.4, -0.2) is 37.8 Å². The van der Waals surface area contributed by atoms with Crippen LogP contribution < -0.4 is 5.32 Å². The number of nitriles is 1. The van der Waals surface area contributed by atoms with Crippen LogP contribution >= 0.6 is 11.8 Å². The van der Waals surface area contributed by atoms with E-state index in [0.717, 1.165) is 28.5 Å². The van der Waals surface area contributed by atoms with Crippen LogP contribution in [0.15, 0.2) is 30.3 Å². The lowest BCUT2D eigenvalue weighted by atomic mass is 10.1. The number of thioether (sulfide) groups is 1. The van der Waals surface area contributed by atoms with Gasteiger partial charge >= 0.3 is 0 Å². The van der Waals surface area contributed by atoms with Gasteiger partial charge in [0, 0.05) is 29.4 Å². The summed E-state index contributed by atoms with van der Waals surface area (Å²) in [5.41, 5.74) is 3.41. The first-order valence-electron chi connectivity index (χ1n) is 8.13. The first-order valence-corrected chi connectivity index (χ1v) is 9.29. The minimum Gasteiger partial charge on any atom is -0.348 e. The number of hydrogen-bond acceptors (Lipinski definition) is 6. The fourth-order valence-corrected chi connectivity index (χ4v) is 3.38. The molecule has 0 unspecified atom stereocenters. The Balaban J connectivity index is 1.52. The molecular weight excluding hydrogens is 348 g/mol. The number of fused-ring (bicyclic) bond motifs is 1. The number of rotatable bonds is 6. The van der Waals surface area contributed by atoms with Gasteiger partial charge in [-0.3, -0.25) is 4.79 Å². The highest BCUT2D eigenvalue weighted by Crippen LogP contribution is 2.15. The number of carbonyl (C=O) groups is 1. The maximum Gasteiger partial charge on any atom is 0.291 e. The van der Waals surface area contributed by atoms with E-state index in [1.807, 2.05) is 44.2 Å². The van der Waals surface area contributed by atoms with E-state index in [4.69, 9.17) is 5.26 Å². The lowest BCUT2D eigenvalue weighted by molar-refractivity contribution is 0.0946. The molecule has 0 aliphatic heterocycles. The third-order valence-electron chi connectivity index (χ3n) is 3.75. The van der Waals surface area contributed by atoms with E-state index in [1.54, 1.807) is 16.3 Å². The second-order valence-electron chi connectivity index (χ2n) is 5.76. The fraction of sp³-hybridized carbons (Fsp3) is 0.278. The summed E-state index contributed by atoms with van der Waals surface area (Å²) >= 11 is 1.66. The van der Waals surface area contributed by atoms with E-state index in [0.29, 0.717) is 17.9 Å². The highest BCUT2D eigenvalue weighted by Gasteiger charge is 2.14. The first kappa shape index (κ1) is 17.9. The largest absolute Gasteiger partial charge is 0.348 e. The molecule has 2 aromatic heterocycles. The Bertz CT molecular complexity index is 991. The summed E-state index contributed by atoms with van der Waals surface area (Å²) < 4.78 is 1.56. The molecule has 1 amide bonds. The topological polar surface area (TPSA) is 96.0 Å². The standard InChI is InChI=1S/C18H18N6OS/c1-12-9-13(2)24-18(21-12)22-16(23-24)17(25)20-7-8-26-11-15-6-4-3-5-14(15)10-19/h3-6,9H,7-8,11H2,1-2H3,(H,20,25). The Morgan fingerprint density at radius 3 is 2.92 bits per heavy atom. The monoisotopic (exact) mass is 366 g/mol. The minimum absolute atomic E-state index is 0.117. The van der Waals surface area contributed by atoms with Crippen molar-refractivity contribution in [2.45, 2.75) is 19.6 Å². The van der Waals surface area contributed by atoms with Crippen molar-refractivity contribution in [2.75, 3.05) is 12.3 Å². The lowest BCUT2D eigenvalue weighted by Crippen LogP contribution is -2.26. The molecule has 1 aromatic carbocycles. The maximum atomic E-state index is 12.2. The predicted octanol–water partition coefficient (Wildman–Crippen LogP) is 2.28. The van der Waals surface area contributed by atoms with Crippen molar-refractivity contribution in [3.8, 4) is 6.07 Å². The molecule has 1 N–H and O–H groups in total. The zero-order valence-corrected chi connectivity index (χ0v) is 15.4. The molecule has 0 saturated heterocycles. The molecule has 0 fully saturated rings. The highest BCUT2D eigenvalue weighted by atomic mass is 32.2. The molecule has 7 nitrogen and oxygen atoms in total. The van der Waals surface area contributed by atoms with Gasteiger partial charge < -0.3 is 5.32 Å². The van der Waals surface area contributed by atoms with Crippen molar-refractivity contribution in [1.82, 2.24) is 24.9 Å². The summed E-state index contributed by atoms with van der Waals surface area (Å²) in [6.07, 6.45) is 0. The van der Waals surface area contributed by atoms with Crippen LogP contribution in [0, 0.1) is 25.2 Å². The van der Waals surface area contributed by atoms with Gasteiger partial charge in [-0.05, 0) is 31.5 Å². The molecule has 8 heteroatoms. The quantitative estimate of drug-likeness (QED) is 0.672. The molecule has 3 rings (SSSR count). The summed E-state index contributed by atoms with van der Waals surface area (Å²) in [5, 5.41) is 16.1. The van der Waals surface area contributed by atoms with Crippen molar-refractivity contribution < 1.29 is 4.79 Å². The number of nitrogens with one attached hydrogen (secondary N) is 1. The number of carbonyl (C=O) groups excluding carboxylic acids is 1. The van der Waals surface area contributed by atoms with E-state index < -0.39 is 0 Å². The van der Waals surface area contributed by atoms with E-state index >= 15 is 0 Å². The van der Waals surface area contributed by atoms with Crippen LogP contribution in [0.4, 0.5) is 0 Å². The minimum atomic E-state index is -0.314. The molecule has 0 aliphatic carbocycles. The van der Waals surface area contributed by atoms with Crippen LogP contribution in [-0.2, 0) is 5.75 Å². The normalized spacial score (nSPS) is 10.7. The summed E-state index contributed by atoms with van der Waals surface area (Å²) in [7, 11) is 0. The maximum absolute atomic E-state index is 12.2. The average molecular weight is 366 g/mol. The van der Waals surface area contributed by atoms with Gasteiger partial charge in [-0.25, -0.2) is 9.50 Å². The smallest absolute Gasteiger partial charge is 0.291 e. The number of benzene rings is 1. The Labute approximate surface area is 155 Å². The molecule has 26 heavy (non-hydrogen) atoms. The van der Waals surface area contributed by atoms with E-state index in [2.05, 4.69) is 26.5 Å². The molecule has 0 bridgehead atoms. The Morgan fingerprint density at radius 1 is 1.31 bits per heavy atom. The molecular formula is C18H18N6OS. The zero-order chi connectivity index (χ0) is 18.5. The van der Waals surface area contributed by atoms with E-state index in [9.17, 15) is 4.79 Å². The molecule has 132 valence electrons. The SMILES string of the molecule is Cc1cc(C)n2nc(C(=O)NCCSCc3ccccc3C#N)nc2n1. The van der Waals surface area contributed by atoms with Gasteiger partial charge in [0.25, 0.3) is 11.7 Å². The molecule has 0 saturated carbocycles. The molecule has 0 atom stereocenters. The molecule has 0 aliphatic rings. The van der Waals surface area contributed by atoms with Crippen LogP contribution in [0.25, 0.3) is 5.78 Å². The third-order valence-corrected chi connectivity index (χ3v) is 4.76. The van der Waals surface area contributed by atoms with Gasteiger partial charge in [-0.2, -0.15) is 22.0 Å². The predicted molar refractivity (Wildman–Crippen MR) is 99.9 cm³/mol. The van der Waals surface area contributed by atoms with E-state index in [-0.39, 0.29) is 11.7 Å². The highest BCUT2D eigenvalue weighted by molar-refractivity contribution is 7.98. The Morgan fingerprint density at radius 2 is 2.12 bits per heavy atom. The first-order chi connectivity index (χ1) is 12.6. The van der Waals surface area contributed by atoms with Crippen molar-refractivity contribution in [3.05, 3.63) is 58.7 Å². The Kier molecular flexibility index (Phi) is 5.49. The van der Waals surface area contributed by atoms with Gasteiger partial charge in [0.15, 0.2) is 0 Å². The zero-order valence-electron chi connectivity index (χ0n) is 14.6. The summed E-state index contributed by atoms with van der Waals surface area (Å²) in [6, 6.07) is 11.6. The lowest BCUT2D eigenvalue weighted by Gasteiger charge is -2.04. The van der Waals surface area contributed by atoms with Crippen LogP contribution in [0.5, 0.6) is 0 Å². The fourth-order valence-electron chi connectivity index (χ4n) is 2.52. The number of hydrogen-bond donors (Lipinski definition) is 1. The van der Waals surface area contributed by atoms with Crippen molar-refractivity contribution >= 4 is 23.4 Å². The van der Waals surface area contributed by atoms with Crippen molar-refractivity contribution in [3.63, 3.8) is 0 Å². The van der Waals surface area contributed by atoms with Crippen molar-refractivity contribution in [1.29, 1.82) is 5.26 Å². The summed E-state index contributed by atoms with van der Waals surface area (Å²) in [6.45, 7) is 4.27. The average Bonchev–Trinajstić information content (AvgIpc) is 3.06. The van der Waals surface area contributed by atoms with Crippen LogP contribution in [0.2, 0.25) is 0 Å². The second kappa shape index (κ2) is 7.97. The second-order valence-corrected chi connectivity index (χ2v) is 6.87. The molecule has 2 heterocycles. The van der Waals surface area contributed by atoms with Gasteiger partial charge in [0.05, 0.1) is 11.6 Å². The summed E-state index contributed by atoms with van der Waals surface area (Å²) in [5.74, 6) is 1.69.